The van der Waals surface area contributed by atoms with E-state index in [2.05, 4.69) is 0 Å². The normalized spacial score (nSPS) is 12.7. The van der Waals surface area contributed by atoms with Crippen LogP contribution >= 0.6 is 0 Å². The number of carbonyl (C=O) groups excluding carboxylic acids is 2. The molecule has 0 aliphatic heterocycles. The molecule has 0 aromatic carbocycles. The quantitative estimate of drug-likeness (QED) is 0.700. The van der Waals surface area contributed by atoms with Gasteiger partial charge in [-0.1, -0.05) is 28.2 Å². The molecule has 0 spiro atoms. The maximum absolute atomic E-state index is 11.6. The molecule has 1 atom stereocenters. The second kappa shape index (κ2) is 5.13. The summed E-state index contributed by atoms with van der Waals surface area (Å²) in [6.45, 7) is 6.94. The van der Waals surface area contributed by atoms with Crippen LogP contribution in [0, 0.1) is 11.3 Å². The molecule has 3 nitrogen and oxygen atoms in total. The molecule has 0 saturated heterocycles. The van der Waals surface area contributed by atoms with E-state index in [4.69, 9.17) is 0 Å². The van der Waals surface area contributed by atoms with Crippen molar-refractivity contribution in [2.45, 2.75) is 35.1 Å². The third-order valence-electron chi connectivity index (χ3n) is 2.80. The van der Waals surface area contributed by atoms with Crippen LogP contribution in [0.1, 0.15) is 35.1 Å². The van der Waals surface area contributed by atoms with Gasteiger partial charge in [0.25, 0.3) is 0 Å². The first-order chi connectivity index (χ1) is 5.71. The Morgan fingerprint density at radius 1 is 1.21 bits per heavy atom. The second-order valence-electron chi connectivity index (χ2n) is 4.23. The van der Waals surface area contributed by atoms with E-state index in [0.29, 0.717) is 0 Å². The van der Waals surface area contributed by atoms with Crippen molar-refractivity contribution in [1.82, 2.24) is 4.90 Å². The second-order valence-corrected chi connectivity index (χ2v) is 4.23. The van der Waals surface area contributed by atoms with E-state index >= 15 is 0 Å². The monoisotopic (exact) mass is 201 g/mol. The first kappa shape index (κ1) is 15.6. The lowest BCUT2D eigenvalue weighted by Crippen LogP contribution is -2.40. The van der Waals surface area contributed by atoms with E-state index in [-0.39, 0.29) is 25.0 Å². The SMILES string of the molecule is C.CC(=O)C(C)(C)C(C)C(=O)N(C)C. The fourth-order valence-electron chi connectivity index (χ4n) is 1.00. The Morgan fingerprint density at radius 2 is 1.57 bits per heavy atom. The van der Waals surface area contributed by atoms with Gasteiger partial charge in [-0.05, 0) is 6.92 Å². The Morgan fingerprint density at radius 3 is 1.79 bits per heavy atom. The summed E-state index contributed by atoms with van der Waals surface area (Å²) in [6, 6.07) is 0. The fourth-order valence-corrected chi connectivity index (χ4v) is 1.00. The highest BCUT2D eigenvalue weighted by molar-refractivity contribution is 5.89. The molecule has 3 heteroatoms. The predicted molar refractivity (Wildman–Crippen MR) is 59.1 cm³/mol. The van der Waals surface area contributed by atoms with Gasteiger partial charge in [-0.3, -0.25) is 9.59 Å². The highest BCUT2D eigenvalue weighted by Crippen LogP contribution is 2.28. The molecule has 1 amide bonds. The van der Waals surface area contributed by atoms with Crippen LogP contribution in [-0.2, 0) is 9.59 Å². The molecular formula is C11H23NO2. The molecule has 0 aliphatic carbocycles. The lowest BCUT2D eigenvalue weighted by atomic mass is 9.76. The van der Waals surface area contributed by atoms with E-state index in [1.807, 2.05) is 0 Å². The summed E-state index contributed by atoms with van der Waals surface area (Å²) in [7, 11) is 3.41. The molecule has 84 valence electrons. The third-order valence-corrected chi connectivity index (χ3v) is 2.80. The van der Waals surface area contributed by atoms with Gasteiger partial charge in [-0.2, -0.15) is 0 Å². The Hall–Kier alpha value is -0.860. The van der Waals surface area contributed by atoms with Crippen molar-refractivity contribution in [1.29, 1.82) is 0 Å². The van der Waals surface area contributed by atoms with Gasteiger partial charge in [0.15, 0.2) is 0 Å². The van der Waals surface area contributed by atoms with Crippen LogP contribution in [0.5, 0.6) is 0 Å². The zero-order valence-electron chi connectivity index (χ0n) is 9.34. The number of ketones is 1. The van der Waals surface area contributed by atoms with Crippen LogP contribution < -0.4 is 0 Å². The summed E-state index contributed by atoms with van der Waals surface area (Å²) in [4.78, 5) is 24.4. The lowest BCUT2D eigenvalue weighted by Gasteiger charge is -2.29. The van der Waals surface area contributed by atoms with Gasteiger partial charge in [0, 0.05) is 25.4 Å². The minimum atomic E-state index is -0.568. The zero-order chi connectivity index (χ0) is 10.8. The smallest absolute Gasteiger partial charge is 0.225 e. The standard InChI is InChI=1S/C10H19NO2.CH4/c1-7(9(13)11(5)6)10(3,4)8(2)12;/h7H,1-6H3;1H4. The maximum Gasteiger partial charge on any atom is 0.225 e. The number of nitrogens with zero attached hydrogens (tertiary/aromatic N) is 1. The molecule has 14 heavy (non-hydrogen) atoms. The highest BCUT2D eigenvalue weighted by Gasteiger charge is 2.36. The number of Topliss-reactive ketones (excluding diaryl/α,β-unsaturated/α-hetero) is 1. The van der Waals surface area contributed by atoms with Crippen molar-refractivity contribution < 1.29 is 9.59 Å². The van der Waals surface area contributed by atoms with E-state index in [1.165, 1.54) is 11.8 Å². The predicted octanol–water partition coefficient (Wildman–Crippen LogP) is 1.96. The lowest BCUT2D eigenvalue weighted by molar-refractivity contribution is -0.142. The summed E-state index contributed by atoms with van der Waals surface area (Å²) in [5.41, 5.74) is -0.568. The summed E-state index contributed by atoms with van der Waals surface area (Å²) >= 11 is 0. The average Bonchev–Trinajstić information content (AvgIpc) is 2.01. The van der Waals surface area contributed by atoms with Crippen molar-refractivity contribution in [2.75, 3.05) is 14.1 Å². The molecule has 0 fully saturated rings. The molecule has 0 radical (unpaired) electrons. The molecule has 0 aliphatic rings. The van der Waals surface area contributed by atoms with E-state index in [9.17, 15) is 9.59 Å². The molecule has 0 bridgehead atoms. The topological polar surface area (TPSA) is 37.4 Å². The van der Waals surface area contributed by atoms with Gasteiger partial charge in [-0.25, -0.2) is 0 Å². The Bertz CT molecular complexity index is 219. The minimum Gasteiger partial charge on any atom is -0.349 e. The van der Waals surface area contributed by atoms with Crippen LogP contribution in [0.15, 0.2) is 0 Å². The molecule has 0 saturated carbocycles. The number of rotatable bonds is 3. The van der Waals surface area contributed by atoms with Crippen molar-refractivity contribution in [2.24, 2.45) is 11.3 Å². The van der Waals surface area contributed by atoms with E-state index in [0.717, 1.165) is 0 Å². The Kier molecular flexibility index (Phi) is 5.72. The van der Waals surface area contributed by atoms with Crippen LogP contribution in [0.2, 0.25) is 0 Å². The van der Waals surface area contributed by atoms with Crippen molar-refractivity contribution in [3.63, 3.8) is 0 Å². The molecule has 0 heterocycles. The highest BCUT2D eigenvalue weighted by atomic mass is 16.2. The Labute approximate surface area is 87.5 Å². The van der Waals surface area contributed by atoms with Crippen LogP contribution in [0.4, 0.5) is 0 Å². The van der Waals surface area contributed by atoms with Gasteiger partial charge in [-0.15, -0.1) is 0 Å². The average molecular weight is 201 g/mol. The van der Waals surface area contributed by atoms with Gasteiger partial charge in [0.1, 0.15) is 5.78 Å². The molecule has 0 rings (SSSR count). The molecule has 0 aromatic heterocycles. The first-order valence-electron chi connectivity index (χ1n) is 4.43. The Balaban J connectivity index is 0. The van der Waals surface area contributed by atoms with Crippen molar-refractivity contribution >= 4 is 11.7 Å². The molecule has 0 N–H and O–H groups in total. The number of hydrogen-bond donors (Lipinski definition) is 0. The summed E-state index contributed by atoms with van der Waals surface area (Å²) in [6.07, 6.45) is 0. The van der Waals surface area contributed by atoms with Gasteiger partial charge >= 0.3 is 0 Å². The van der Waals surface area contributed by atoms with Crippen molar-refractivity contribution in [3.05, 3.63) is 0 Å². The van der Waals surface area contributed by atoms with Crippen LogP contribution in [-0.4, -0.2) is 30.7 Å². The molecule has 1 unspecified atom stereocenters. The number of carbonyl (C=O) groups is 2. The third kappa shape index (κ3) is 3.13. The molecular weight excluding hydrogens is 178 g/mol. The van der Waals surface area contributed by atoms with Crippen molar-refractivity contribution in [3.8, 4) is 0 Å². The van der Waals surface area contributed by atoms with E-state index in [1.54, 1.807) is 34.9 Å². The number of hydrogen-bond acceptors (Lipinski definition) is 2. The van der Waals surface area contributed by atoms with Gasteiger partial charge in [0.05, 0.1) is 0 Å². The van der Waals surface area contributed by atoms with Crippen LogP contribution in [0.3, 0.4) is 0 Å². The van der Waals surface area contributed by atoms with Gasteiger partial charge < -0.3 is 4.90 Å². The fraction of sp³-hybridized carbons (Fsp3) is 0.818. The van der Waals surface area contributed by atoms with Crippen LogP contribution in [0.25, 0.3) is 0 Å². The first-order valence-corrected chi connectivity index (χ1v) is 4.43. The minimum absolute atomic E-state index is 0. The summed E-state index contributed by atoms with van der Waals surface area (Å²) in [5.74, 6) is -0.213. The van der Waals surface area contributed by atoms with E-state index < -0.39 is 5.41 Å². The molecule has 0 aromatic rings. The number of amides is 1. The summed E-state index contributed by atoms with van der Waals surface area (Å²) in [5, 5.41) is 0. The van der Waals surface area contributed by atoms with Gasteiger partial charge in [0.2, 0.25) is 5.91 Å². The summed E-state index contributed by atoms with van der Waals surface area (Å²) < 4.78 is 0. The zero-order valence-corrected chi connectivity index (χ0v) is 9.34. The maximum atomic E-state index is 11.6. The largest absolute Gasteiger partial charge is 0.349 e.